The van der Waals surface area contributed by atoms with Crippen molar-refractivity contribution in [3.05, 3.63) is 40.4 Å². The van der Waals surface area contributed by atoms with Crippen molar-refractivity contribution in [1.82, 2.24) is 4.98 Å². The van der Waals surface area contributed by atoms with E-state index in [9.17, 15) is 0 Å². The topological polar surface area (TPSA) is 42.2 Å². The van der Waals surface area contributed by atoms with Crippen LogP contribution in [0, 0.1) is 0 Å². The zero-order valence-corrected chi connectivity index (χ0v) is 12.6. The maximum atomic E-state index is 5.73. The summed E-state index contributed by atoms with van der Waals surface area (Å²) < 4.78 is 0. The van der Waals surface area contributed by atoms with E-state index in [0.717, 1.165) is 30.1 Å². The molecule has 1 aromatic heterocycles. The van der Waals surface area contributed by atoms with Crippen molar-refractivity contribution in [3.8, 4) is 0 Å². The molecule has 2 rings (SSSR count). The SMILES string of the molecule is CCCc1nc(N(C)C)sc1Cc1ccc(N)cc1. The number of benzene rings is 1. The van der Waals surface area contributed by atoms with Crippen molar-refractivity contribution in [3.63, 3.8) is 0 Å². The molecule has 0 fully saturated rings. The molecule has 102 valence electrons. The van der Waals surface area contributed by atoms with Crippen LogP contribution in [0.2, 0.25) is 0 Å². The Labute approximate surface area is 119 Å². The molecule has 3 nitrogen and oxygen atoms in total. The van der Waals surface area contributed by atoms with Gasteiger partial charge in [-0.2, -0.15) is 0 Å². The monoisotopic (exact) mass is 275 g/mol. The van der Waals surface area contributed by atoms with Gasteiger partial charge < -0.3 is 10.6 Å². The van der Waals surface area contributed by atoms with Crippen molar-refractivity contribution in [1.29, 1.82) is 0 Å². The van der Waals surface area contributed by atoms with E-state index in [1.165, 1.54) is 16.1 Å². The third-order valence-corrected chi connectivity index (χ3v) is 4.25. The molecule has 0 unspecified atom stereocenters. The summed E-state index contributed by atoms with van der Waals surface area (Å²) in [6, 6.07) is 8.12. The summed E-state index contributed by atoms with van der Waals surface area (Å²) in [4.78, 5) is 8.18. The average molecular weight is 275 g/mol. The first-order chi connectivity index (χ1) is 9.10. The Hall–Kier alpha value is -1.55. The molecule has 0 spiro atoms. The quantitative estimate of drug-likeness (QED) is 0.851. The summed E-state index contributed by atoms with van der Waals surface area (Å²) in [6.07, 6.45) is 3.13. The fourth-order valence-corrected chi connectivity index (χ4v) is 3.02. The van der Waals surface area contributed by atoms with Gasteiger partial charge in [0, 0.05) is 31.1 Å². The molecule has 0 radical (unpaired) electrons. The molecule has 2 aromatic rings. The summed E-state index contributed by atoms with van der Waals surface area (Å²) in [7, 11) is 4.09. The summed E-state index contributed by atoms with van der Waals surface area (Å²) in [6.45, 7) is 2.20. The molecule has 1 aromatic carbocycles. The second-order valence-electron chi connectivity index (χ2n) is 4.93. The van der Waals surface area contributed by atoms with Crippen molar-refractivity contribution >= 4 is 22.2 Å². The minimum atomic E-state index is 0.816. The molecular weight excluding hydrogens is 254 g/mol. The van der Waals surface area contributed by atoms with E-state index in [1.54, 1.807) is 11.3 Å². The van der Waals surface area contributed by atoms with E-state index >= 15 is 0 Å². The van der Waals surface area contributed by atoms with Crippen LogP contribution in [-0.4, -0.2) is 19.1 Å². The molecule has 0 bridgehead atoms. The van der Waals surface area contributed by atoms with Crippen molar-refractivity contribution in [2.75, 3.05) is 24.7 Å². The molecule has 1 heterocycles. The van der Waals surface area contributed by atoms with Crippen LogP contribution >= 0.6 is 11.3 Å². The molecule has 19 heavy (non-hydrogen) atoms. The number of aromatic nitrogens is 1. The highest BCUT2D eigenvalue weighted by Crippen LogP contribution is 2.28. The smallest absolute Gasteiger partial charge is 0.185 e. The molecule has 0 aliphatic carbocycles. The van der Waals surface area contributed by atoms with Gasteiger partial charge in [-0.1, -0.05) is 25.5 Å². The fraction of sp³-hybridized carbons (Fsp3) is 0.400. The predicted octanol–water partition coefficient (Wildman–Crippen LogP) is 3.33. The average Bonchev–Trinajstić information content (AvgIpc) is 2.76. The number of nitrogens with two attached hydrogens (primary N) is 1. The van der Waals surface area contributed by atoms with Crippen LogP contribution in [0.5, 0.6) is 0 Å². The van der Waals surface area contributed by atoms with Gasteiger partial charge in [0.1, 0.15) is 0 Å². The summed E-state index contributed by atoms with van der Waals surface area (Å²) >= 11 is 1.79. The zero-order chi connectivity index (χ0) is 13.8. The van der Waals surface area contributed by atoms with Gasteiger partial charge in [0.25, 0.3) is 0 Å². The highest BCUT2D eigenvalue weighted by molar-refractivity contribution is 7.15. The number of hydrogen-bond acceptors (Lipinski definition) is 4. The maximum Gasteiger partial charge on any atom is 0.185 e. The molecule has 4 heteroatoms. The first kappa shape index (κ1) is 13.9. The predicted molar refractivity (Wildman–Crippen MR) is 84.1 cm³/mol. The molecule has 0 aliphatic rings. The summed E-state index contributed by atoms with van der Waals surface area (Å²) in [5, 5.41) is 1.09. The van der Waals surface area contributed by atoms with Gasteiger partial charge in [-0.15, -0.1) is 11.3 Å². The lowest BCUT2D eigenvalue weighted by atomic mass is 10.1. The number of thiazole rings is 1. The normalized spacial score (nSPS) is 10.7. The van der Waals surface area contributed by atoms with Gasteiger partial charge in [0.15, 0.2) is 5.13 Å². The standard InChI is InChI=1S/C15H21N3S/c1-4-5-13-14(19-15(17-13)18(2)3)10-11-6-8-12(16)9-7-11/h6-9H,4-5,10,16H2,1-3H3. The summed E-state index contributed by atoms with van der Waals surface area (Å²) in [5.74, 6) is 0. The van der Waals surface area contributed by atoms with Crippen LogP contribution < -0.4 is 10.6 Å². The minimum absolute atomic E-state index is 0.816. The van der Waals surface area contributed by atoms with Crippen molar-refractivity contribution < 1.29 is 0 Å². The third-order valence-electron chi connectivity index (χ3n) is 2.98. The van der Waals surface area contributed by atoms with E-state index in [0.29, 0.717) is 0 Å². The second-order valence-corrected chi connectivity index (χ2v) is 5.99. The van der Waals surface area contributed by atoms with Crippen molar-refractivity contribution in [2.24, 2.45) is 0 Å². The van der Waals surface area contributed by atoms with Gasteiger partial charge in [-0.05, 0) is 24.1 Å². The Kier molecular flexibility index (Phi) is 4.43. The fourth-order valence-electron chi connectivity index (χ4n) is 1.95. The Morgan fingerprint density at radius 1 is 1.21 bits per heavy atom. The third kappa shape index (κ3) is 3.47. The Morgan fingerprint density at radius 3 is 2.47 bits per heavy atom. The van der Waals surface area contributed by atoms with Crippen LogP contribution in [0.4, 0.5) is 10.8 Å². The summed E-state index contributed by atoms with van der Waals surface area (Å²) in [5.41, 5.74) is 9.08. The number of rotatable bonds is 5. The van der Waals surface area contributed by atoms with Crippen molar-refractivity contribution in [2.45, 2.75) is 26.2 Å². The van der Waals surface area contributed by atoms with Crippen LogP contribution in [0.1, 0.15) is 29.5 Å². The zero-order valence-electron chi connectivity index (χ0n) is 11.8. The lowest BCUT2D eigenvalue weighted by molar-refractivity contribution is 0.874. The van der Waals surface area contributed by atoms with Crippen LogP contribution in [0.25, 0.3) is 0 Å². The number of aryl methyl sites for hydroxylation is 1. The highest BCUT2D eigenvalue weighted by Gasteiger charge is 2.12. The van der Waals surface area contributed by atoms with Crippen LogP contribution in [0.15, 0.2) is 24.3 Å². The van der Waals surface area contributed by atoms with Crippen LogP contribution in [0.3, 0.4) is 0 Å². The van der Waals surface area contributed by atoms with Gasteiger partial charge >= 0.3 is 0 Å². The number of nitrogens with zero attached hydrogens (tertiary/aromatic N) is 2. The van der Waals surface area contributed by atoms with E-state index in [2.05, 4.69) is 24.0 Å². The van der Waals surface area contributed by atoms with Crippen LogP contribution in [-0.2, 0) is 12.8 Å². The molecule has 0 amide bonds. The second kappa shape index (κ2) is 6.06. The maximum absolute atomic E-state index is 5.73. The Morgan fingerprint density at radius 2 is 1.89 bits per heavy atom. The van der Waals surface area contributed by atoms with E-state index in [1.807, 2.05) is 26.2 Å². The lowest BCUT2D eigenvalue weighted by Gasteiger charge is -2.05. The molecule has 0 saturated carbocycles. The lowest BCUT2D eigenvalue weighted by Crippen LogP contribution is -2.07. The van der Waals surface area contributed by atoms with Gasteiger partial charge in [0.05, 0.1) is 5.69 Å². The number of hydrogen-bond donors (Lipinski definition) is 1. The molecule has 0 aliphatic heterocycles. The number of anilines is 2. The molecular formula is C15H21N3S. The minimum Gasteiger partial charge on any atom is -0.399 e. The van der Waals surface area contributed by atoms with E-state index in [4.69, 9.17) is 10.7 Å². The first-order valence-electron chi connectivity index (χ1n) is 6.60. The van der Waals surface area contributed by atoms with Gasteiger partial charge in [-0.25, -0.2) is 4.98 Å². The first-order valence-corrected chi connectivity index (χ1v) is 7.42. The molecule has 0 atom stereocenters. The molecule has 0 saturated heterocycles. The van der Waals surface area contributed by atoms with Gasteiger partial charge in [-0.3, -0.25) is 0 Å². The van der Waals surface area contributed by atoms with E-state index in [-0.39, 0.29) is 0 Å². The highest BCUT2D eigenvalue weighted by atomic mass is 32.1. The van der Waals surface area contributed by atoms with Gasteiger partial charge in [0.2, 0.25) is 0 Å². The Balaban J connectivity index is 2.24. The van der Waals surface area contributed by atoms with E-state index < -0.39 is 0 Å². The number of nitrogen functional groups attached to an aromatic ring is 1. The Bertz CT molecular complexity index is 529. The molecule has 2 N–H and O–H groups in total. The largest absolute Gasteiger partial charge is 0.399 e.